The van der Waals surface area contributed by atoms with Gasteiger partial charge in [0.1, 0.15) is 5.52 Å². The summed E-state index contributed by atoms with van der Waals surface area (Å²) in [6.07, 6.45) is 12.9. The third-order valence-corrected chi connectivity index (χ3v) is 13.7. The van der Waals surface area contributed by atoms with Gasteiger partial charge in [-0.2, -0.15) is 0 Å². The molecule has 264 valence electrons. The normalized spacial score (nSPS) is 30.5. The van der Waals surface area contributed by atoms with Crippen molar-refractivity contribution < 1.29 is 9.59 Å². The molecule has 10 nitrogen and oxygen atoms in total. The number of carbonyl (C=O) groups is 2. The molecule has 7 aliphatic rings. The molecular formula is C40H52N8O2. The van der Waals surface area contributed by atoms with Gasteiger partial charge in [0.2, 0.25) is 11.8 Å². The van der Waals surface area contributed by atoms with E-state index < -0.39 is 5.41 Å². The minimum atomic E-state index is -0.565. The standard InChI is InChI=1S/C40H52N8O2/c1-24(2)47-23-42-33-20-32(44-37(36(33)47)43-28-7-8-28)25-6-9-31-34(17-25)48(30-18-29(19-30)45-12-4-3-5-13-45)39(50)40(31)10-14-46(15-11-40)38(49)35-26-16-27(35)22-41-21-26/h6,9,17,20,23-24,26-30,35,41H,3-5,7-8,10-16,18-19,21-22H2,1-2H3,(H,43,44)/t26-,27+,29?,30?,35?. The second-order valence-corrected chi connectivity index (χ2v) is 17.0. The van der Waals surface area contributed by atoms with Crippen molar-refractivity contribution in [3.05, 3.63) is 36.2 Å². The van der Waals surface area contributed by atoms with E-state index in [9.17, 15) is 9.59 Å². The number of benzene rings is 1. The highest BCUT2D eigenvalue weighted by atomic mass is 16.2. The first kappa shape index (κ1) is 31.3. The van der Waals surface area contributed by atoms with Crippen LogP contribution in [0.15, 0.2) is 30.6 Å². The molecular weight excluding hydrogens is 624 g/mol. The molecule has 10 heteroatoms. The number of piperidine rings is 4. The maximum atomic E-state index is 14.9. The molecule has 3 atom stereocenters. The number of amides is 2. The van der Waals surface area contributed by atoms with E-state index in [2.05, 4.69) is 68.0 Å². The Morgan fingerprint density at radius 2 is 1.72 bits per heavy atom. The number of imidazole rings is 1. The largest absolute Gasteiger partial charge is 0.366 e. The lowest BCUT2D eigenvalue weighted by Gasteiger charge is -2.51. The number of pyridine rings is 1. The number of likely N-dealkylation sites (tertiary alicyclic amines) is 2. The molecule has 4 aliphatic heterocycles. The highest BCUT2D eigenvalue weighted by molar-refractivity contribution is 6.09. The van der Waals surface area contributed by atoms with Gasteiger partial charge in [-0.1, -0.05) is 18.6 Å². The molecule has 3 saturated carbocycles. The Morgan fingerprint density at radius 3 is 2.42 bits per heavy atom. The molecule has 0 radical (unpaired) electrons. The molecule has 2 amide bonds. The number of aromatic nitrogens is 3. The molecule has 10 rings (SSSR count). The average Bonchev–Trinajstić information content (AvgIpc) is 3.78. The number of hydrogen-bond donors (Lipinski definition) is 2. The molecule has 6 heterocycles. The second kappa shape index (κ2) is 11.8. The van der Waals surface area contributed by atoms with Crippen molar-refractivity contribution in [1.29, 1.82) is 0 Å². The first-order valence-electron chi connectivity index (χ1n) is 19.7. The Labute approximate surface area is 295 Å². The van der Waals surface area contributed by atoms with Crippen LogP contribution in [0.1, 0.15) is 89.7 Å². The third-order valence-electron chi connectivity index (χ3n) is 13.7. The number of anilines is 2. The van der Waals surface area contributed by atoms with Crippen LogP contribution in [0.2, 0.25) is 0 Å². The first-order chi connectivity index (χ1) is 24.4. The monoisotopic (exact) mass is 676 g/mol. The number of fused-ring (bicyclic) bond motifs is 5. The van der Waals surface area contributed by atoms with E-state index >= 15 is 0 Å². The summed E-state index contributed by atoms with van der Waals surface area (Å²) in [5, 5.41) is 7.19. The minimum absolute atomic E-state index is 0.175. The van der Waals surface area contributed by atoms with E-state index in [4.69, 9.17) is 9.97 Å². The topological polar surface area (TPSA) is 98.6 Å². The highest BCUT2D eigenvalue weighted by Gasteiger charge is 2.57. The number of carbonyl (C=O) groups excluding carboxylic acids is 2. The Morgan fingerprint density at radius 1 is 0.960 bits per heavy atom. The average molecular weight is 677 g/mol. The van der Waals surface area contributed by atoms with E-state index in [1.807, 2.05) is 6.33 Å². The van der Waals surface area contributed by atoms with Crippen LogP contribution in [0.5, 0.6) is 0 Å². The maximum Gasteiger partial charge on any atom is 0.238 e. The first-order valence-corrected chi connectivity index (χ1v) is 19.7. The second-order valence-electron chi connectivity index (χ2n) is 17.0. The lowest BCUT2D eigenvalue weighted by atomic mass is 9.61. The molecule has 1 unspecified atom stereocenters. The quantitative estimate of drug-likeness (QED) is 0.349. The van der Waals surface area contributed by atoms with E-state index in [0.717, 1.165) is 65.3 Å². The van der Waals surface area contributed by atoms with Crippen LogP contribution >= 0.6 is 0 Å². The Bertz CT molecular complexity index is 1810. The lowest BCUT2D eigenvalue weighted by Crippen LogP contribution is -2.61. The molecule has 1 spiro atoms. The summed E-state index contributed by atoms with van der Waals surface area (Å²) in [6.45, 7) is 10.0. The lowest BCUT2D eigenvalue weighted by molar-refractivity contribution is -0.150. The van der Waals surface area contributed by atoms with Gasteiger partial charge in [-0.15, -0.1) is 0 Å². The summed E-state index contributed by atoms with van der Waals surface area (Å²) < 4.78 is 2.21. The number of nitrogens with one attached hydrogen (secondary N) is 2. The molecule has 3 aromatic rings. The summed E-state index contributed by atoms with van der Waals surface area (Å²) in [4.78, 5) is 45.7. The molecule has 3 saturated heterocycles. The predicted octanol–water partition coefficient (Wildman–Crippen LogP) is 5.33. The molecule has 2 N–H and O–H groups in total. The zero-order chi connectivity index (χ0) is 33.7. The van der Waals surface area contributed by atoms with E-state index in [1.165, 1.54) is 51.6 Å². The van der Waals surface area contributed by atoms with Gasteiger partial charge in [0.05, 0.1) is 23.0 Å². The van der Waals surface area contributed by atoms with E-state index in [0.29, 0.717) is 55.8 Å². The van der Waals surface area contributed by atoms with Crippen LogP contribution < -0.4 is 15.5 Å². The summed E-state index contributed by atoms with van der Waals surface area (Å²) in [7, 11) is 0. The van der Waals surface area contributed by atoms with Crippen LogP contribution in [0, 0.1) is 17.8 Å². The molecule has 50 heavy (non-hydrogen) atoms. The van der Waals surface area contributed by atoms with Crippen LogP contribution in [-0.2, 0) is 15.0 Å². The van der Waals surface area contributed by atoms with Crippen LogP contribution in [0.25, 0.3) is 22.3 Å². The maximum absolute atomic E-state index is 14.9. The smallest absolute Gasteiger partial charge is 0.238 e. The number of nitrogens with zero attached hydrogens (tertiary/aromatic N) is 6. The summed E-state index contributed by atoms with van der Waals surface area (Å²) in [5.74, 6) is 2.65. The van der Waals surface area contributed by atoms with Gasteiger partial charge in [0, 0.05) is 54.4 Å². The zero-order valence-corrected chi connectivity index (χ0v) is 29.7. The fraction of sp³-hybridized carbons (Fsp3) is 0.650. The predicted molar refractivity (Wildman–Crippen MR) is 195 cm³/mol. The van der Waals surface area contributed by atoms with Gasteiger partial charge in [-0.05, 0) is 127 Å². The number of hydrogen-bond acceptors (Lipinski definition) is 7. The molecule has 3 aliphatic carbocycles. The van der Waals surface area contributed by atoms with Gasteiger partial charge in [-0.3, -0.25) is 9.59 Å². The molecule has 6 fully saturated rings. The van der Waals surface area contributed by atoms with Gasteiger partial charge in [-0.25, -0.2) is 9.97 Å². The fourth-order valence-corrected chi connectivity index (χ4v) is 10.5. The van der Waals surface area contributed by atoms with Crippen LogP contribution in [0.3, 0.4) is 0 Å². The molecule has 2 bridgehead atoms. The van der Waals surface area contributed by atoms with Crippen LogP contribution in [-0.4, -0.2) is 93.5 Å². The van der Waals surface area contributed by atoms with Gasteiger partial charge in [0.25, 0.3) is 0 Å². The SMILES string of the molecule is CC(C)n1cnc2cc(-c3ccc4c(c3)N(C3CC(N5CCCCC5)C3)C(=O)C43CCN(C(=O)C4[C@@H]5CNC[C@H]4C5)CC3)nc(NC3CC3)c21. The van der Waals surface area contributed by atoms with Crippen molar-refractivity contribution >= 4 is 34.4 Å². The van der Waals surface area contributed by atoms with Crippen LogP contribution in [0.4, 0.5) is 11.5 Å². The van der Waals surface area contributed by atoms with E-state index in [1.54, 1.807) is 0 Å². The highest BCUT2D eigenvalue weighted by Crippen LogP contribution is 2.53. The number of rotatable bonds is 7. The van der Waals surface area contributed by atoms with Gasteiger partial charge >= 0.3 is 0 Å². The van der Waals surface area contributed by atoms with Crippen molar-refractivity contribution in [2.24, 2.45) is 17.8 Å². The van der Waals surface area contributed by atoms with Crippen molar-refractivity contribution in [1.82, 2.24) is 29.7 Å². The Balaban J connectivity index is 0.982. The van der Waals surface area contributed by atoms with Gasteiger partial charge < -0.3 is 29.9 Å². The fourth-order valence-electron chi connectivity index (χ4n) is 10.5. The zero-order valence-electron chi connectivity index (χ0n) is 29.7. The Hall–Kier alpha value is -3.50. The molecule has 2 aromatic heterocycles. The van der Waals surface area contributed by atoms with Crippen molar-refractivity contribution in [3.8, 4) is 11.3 Å². The third kappa shape index (κ3) is 4.87. The summed E-state index contributed by atoms with van der Waals surface area (Å²) in [5.41, 5.74) is 5.60. The Kier molecular flexibility index (Phi) is 7.36. The summed E-state index contributed by atoms with van der Waals surface area (Å²) in [6, 6.07) is 10.3. The molecule has 1 aromatic carbocycles. The van der Waals surface area contributed by atoms with E-state index in [-0.39, 0.29) is 23.9 Å². The van der Waals surface area contributed by atoms with Crippen molar-refractivity contribution in [2.75, 3.05) is 49.5 Å². The van der Waals surface area contributed by atoms with Crippen molar-refractivity contribution in [2.45, 2.75) is 108 Å². The summed E-state index contributed by atoms with van der Waals surface area (Å²) >= 11 is 0. The minimum Gasteiger partial charge on any atom is -0.366 e. The van der Waals surface area contributed by atoms with Gasteiger partial charge in [0.15, 0.2) is 5.82 Å². The van der Waals surface area contributed by atoms with Crippen molar-refractivity contribution in [3.63, 3.8) is 0 Å².